The van der Waals surface area contributed by atoms with E-state index >= 15 is 0 Å². The number of aromatic nitrogens is 1. The monoisotopic (exact) mass is 434 g/mol. The molecule has 1 amide bonds. The first-order valence-corrected chi connectivity index (χ1v) is 9.93. The molecule has 10 heteroatoms. The summed E-state index contributed by atoms with van der Waals surface area (Å²) < 4.78 is 15.5. The molecule has 0 saturated heterocycles. The van der Waals surface area contributed by atoms with Gasteiger partial charge in [-0.1, -0.05) is 43.7 Å². The number of benzene rings is 1. The molecule has 0 saturated carbocycles. The maximum atomic E-state index is 12.6. The van der Waals surface area contributed by atoms with E-state index in [9.17, 15) is 14.9 Å². The van der Waals surface area contributed by atoms with Crippen molar-refractivity contribution in [3.63, 3.8) is 0 Å². The number of aryl methyl sites for hydroxylation is 1. The second-order valence-corrected chi connectivity index (χ2v) is 6.08. The molecule has 10 nitrogen and oxygen atoms in total. The van der Waals surface area contributed by atoms with Crippen molar-refractivity contribution in [2.45, 2.75) is 34.2 Å². The lowest BCUT2D eigenvalue weighted by Crippen LogP contribution is -2.32. The number of nitrogens with zero attached hydrogens (tertiary/aromatic N) is 3. The minimum absolute atomic E-state index is 0.0401. The zero-order chi connectivity index (χ0) is 23.4. The Morgan fingerprint density at radius 2 is 1.87 bits per heavy atom. The van der Waals surface area contributed by atoms with Crippen LogP contribution >= 0.6 is 0 Å². The topological polar surface area (TPSA) is 130 Å². The number of amides is 1. The van der Waals surface area contributed by atoms with Gasteiger partial charge in [-0.3, -0.25) is 15.0 Å². The molecule has 0 unspecified atom stereocenters. The number of anilines is 2. The van der Waals surface area contributed by atoms with Crippen LogP contribution in [0.25, 0.3) is 0 Å². The van der Waals surface area contributed by atoms with Gasteiger partial charge in [0.25, 0.3) is 0 Å². The highest BCUT2D eigenvalue weighted by molar-refractivity contribution is 5.92. The van der Waals surface area contributed by atoms with Crippen LogP contribution in [0, 0.1) is 17.0 Å². The number of carbonyl (C=O) groups excluding carboxylic acids is 1. The van der Waals surface area contributed by atoms with Gasteiger partial charge in [0.05, 0.1) is 24.7 Å². The lowest BCUT2D eigenvalue weighted by atomic mass is 10.1. The van der Waals surface area contributed by atoms with Crippen LogP contribution in [0.1, 0.15) is 31.9 Å². The molecule has 0 fully saturated rings. The van der Waals surface area contributed by atoms with E-state index in [0.29, 0.717) is 6.61 Å². The minimum Gasteiger partial charge on any atom is -0.475 e. The maximum Gasteiger partial charge on any atom is 0.414 e. The van der Waals surface area contributed by atoms with Crippen molar-refractivity contribution in [2.75, 3.05) is 37.6 Å². The number of methoxy groups -OCH3 is 1. The number of hydrogen-bond donors (Lipinski definition) is 1. The van der Waals surface area contributed by atoms with E-state index in [0.717, 1.165) is 16.0 Å². The first kappa shape index (κ1) is 25.6. The average Bonchev–Trinajstić information content (AvgIpc) is 2.74. The number of pyridine rings is 1. The molecule has 0 aliphatic rings. The quantitative estimate of drug-likeness (QED) is 0.355. The minimum atomic E-state index is -0.746. The molecular weight excluding hydrogens is 404 g/mol. The van der Waals surface area contributed by atoms with E-state index in [1.165, 1.54) is 13.2 Å². The fourth-order valence-electron chi connectivity index (χ4n) is 2.54. The number of hydrogen-bond acceptors (Lipinski definition) is 8. The van der Waals surface area contributed by atoms with Crippen LogP contribution in [0.4, 0.5) is 22.0 Å². The van der Waals surface area contributed by atoms with Crippen molar-refractivity contribution in [1.82, 2.24) is 4.98 Å². The molecule has 0 spiro atoms. The predicted octanol–water partition coefficient (Wildman–Crippen LogP) is 4.09. The Hall–Kier alpha value is -3.40. The summed E-state index contributed by atoms with van der Waals surface area (Å²) in [5, 5.41) is 11.6. The van der Waals surface area contributed by atoms with Crippen molar-refractivity contribution in [3.8, 4) is 5.88 Å². The van der Waals surface area contributed by atoms with Crippen LogP contribution in [0.2, 0.25) is 0 Å². The predicted molar refractivity (Wildman–Crippen MR) is 118 cm³/mol. The molecule has 170 valence electrons. The van der Waals surface area contributed by atoms with E-state index in [2.05, 4.69) is 4.98 Å². The molecule has 31 heavy (non-hydrogen) atoms. The van der Waals surface area contributed by atoms with Gasteiger partial charge in [0.1, 0.15) is 12.3 Å². The summed E-state index contributed by atoms with van der Waals surface area (Å²) in [5.74, 6) is -0.323. The normalized spacial score (nSPS) is 9.97. The Balaban J connectivity index is 0.00000233. The van der Waals surface area contributed by atoms with Gasteiger partial charge in [-0.25, -0.2) is 4.79 Å². The van der Waals surface area contributed by atoms with Gasteiger partial charge in [-0.15, -0.1) is 0 Å². The van der Waals surface area contributed by atoms with Gasteiger partial charge in [-0.05, 0) is 19.4 Å². The second kappa shape index (κ2) is 13.0. The van der Waals surface area contributed by atoms with Gasteiger partial charge in [0, 0.05) is 13.2 Å². The van der Waals surface area contributed by atoms with Gasteiger partial charge in [-0.2, -0.15) is 4.98 Å². The Labute approximate surface area is 182 Å². The van der Waals surface area contributed by atoms with Crippen LogP contribution in [-0.4, -0.2) is 42.9 Å². The average molecular weight is 434 g/mol. The van der Waals surface area contributed by atoms with E-state index in [1.807, 2.05) is 45.0 Å². The van der Waals surface area contributed by atoms with Crippen LogP contribution in [0.3, 0.4) is 0 Å². The molecule has 1 aromatic heterocycles. The Bertz CT molecular complexity index is 858. The summed E-state index contributed by atoms with van der Waals surface area (Å²) >= 11 is 0. The summed E-state index contributed by atoms with van der Waals surface area (Å²) in [6.45, 7) is 8.19. The van der Waals surface area contributed by atoms with Gasteiger partial charge >= 0.3 is 11.8 Å². The van der Waals surface area contributed by atoms with Gasteiger partial charge in [0.2, 0.25) is 11.7 Å². The summed E-state index contributed by atoms with van der Waals surface area (Å²) in [6.07, 6.45) is -0.746. The molecule has 0 atom stereocenters. The van der Waals surface area contributed by atoms with Crippen LogP contribution in [0.15, 0.2) is 30.3 Å². The van der Waals surface area contributed by atoms with E-state index in [-0.39, 0.29) is 37.1 Å². The molecule has 2 aromatic rings. The molecule has 2 rings (SSSR count). The zero-order valence-corrected chi connectivity index (χ0v) is 18.6. The summed E-state index contributed by atoms with van der Waals surface area (Å²) in [7, 11) is 1.51. The van der Waals surface area contributed by atoms with E-state index in [1.54, 1.807) is 6.92 Å². The zero-order valence-electron chi connectivity index (χ0n) is 18.6. The smallest absolute Gasteiger partial charge is 0.414 e. The van der Waals surface area contributed by atoms with Crippen molar-refractivity contribution < 1.29 is 23.9 Å². The highest BCUT2D eigenvalue weighted by Gasteiger charge is 2.30. The first-order valence-electron chi connectivity index (χ1n) is 9.93. The Morgan fingerprint density at radius 3 is 2.42 bits per heavy atom. The van der Waals surface area contributed by atoms with Crippen molar-refractivity contribution in [1.29, 1.82) is 0 Å². The standard InChI is InChI=1S/C19H24N4O6.C2H6/c1-4-28-19(24)22(12-14-7-5-13(2)6-8-14)15-11-16(29-10-9-27-3)21-18(20)17(15)23(25)26;1-2/h5-8,11H,4,9-10,12H2,1-3H3,(H2,20,21);1-2H3. The molecule has 0 aliphatic carbocycles. The molecular formula is C21H30N4O6. The Kier molecular flexibility index (Phi) is 10.8. The fourth-order valence-corrected chi connectivity index (χ4v) is 2.54. The highest BCUT2D eigenvalue weighted by Crippen LogP contribution is 2.37. The third kappa shape index (κ3) is 7.41. The van der Waals surface area contributed by atoms with E-state index < -0.39 is 16.7 Å². The summed E-state index contributed by atoms with van der Waals surface area (Å²) in [6, 6.07) is 8.72. The third-order valence-corrected chi connectivity index (χ3v) is 3.94. The number of nitrogens with two attached hydrogens (primary N) is 1. The maximum absolute atomic E-state index is 12.6. The number of ether oxygens (including phenoxy) is 3. The van der Waals surface area contributed by atoms with Crippen molar-refractivity contribution in [2.24, 2.45) is 0 Å². The molecule has 1 aromatic carbocycles. The van der Waals surface area contributed by atoms with Crippen molar-refractivity contribution in [3.05, 3.63) is 51.6 Å². The van der Waals surface area contributed by atoms with Crippen molar-refractivity contribution >= 4 is 23.3 Å². The number of carbonyl (C=O) groups is 1. The summed E-state index contributed by atoms with van der Waals surface area (Å²) in [5.41, 5.74) is 7.06. The first-order chi connectivity index (χ1) is 14.9. The second-order valence-electron chi connectivity index (χ2n) is 6.08. The lowest BCUT2D eigenvalue weighted by molar-refractivity contribution is -0.383. The van der Waals surface area contributed by atoms with Crippen LogP contribution < -0.4 is 15.4 Å². The molecule has 1 heterocycles. The SMILES string of the molecule is CC.CCOC(=O)N(Cc1ccc(C)cc1)c1cc(OCCOC)nc(N)c1[N+](=O)[O-]. The molecule has 2 N–H and O–H groups in total. The van der Waals surface area contributed by atoms with Gasteiger partial charge < -0.3 is 19.9 Å². The third-order valence-electron chi connectivity index (χ3n) is 3.94. The fraction of sp³-hybridized carbons (Fsp3) is 0.429. The molecule has 0 bridgehead atoms. The van der Waals surface area contributed by atoms with Crippen LogP contribution in [-0.2, 0) is 16.0 Å². The molecule has 0 radical (unpaired) electrons. The Morgan fingerprint density at radius 1 is 1.23 bits per heavy atom. The number of rotatable bonds is 9. The summed E-state index contributed by atoms with van der Waals surface area (Å²) in [4.78, 5) is 28.7. The van der Waals surface area contributed by atoms with E-state index in [4.69, 9.17) is 19.9 Å². The lowest BCUT2D eigenvalue weighted by Gasteiger charge is -2.23. The largest absolute Gasteiger partial charge is 0.475 e. The number of nitrogen functional groups attached to an aromatic ring is 1. The number of nitro groups is 1. The van der Waals surface area contributed by atoms with Gasteiger partial charge in [0.15, 0.2) is 0 Å². The molecule has 0 aliphatic heterocycles. The highest BCUT2D eigenvalue weighted by atomic mass is 16.6. The van der Waals surface area contributed by atoms with Crippen LogP contribution in [0.5, 0.6) is 5.88 Å².